The van der Waals surface area contributed by atoms with Gasteiger partial charge in [-0.05, 0) is 42.0 Å². The summed E-state index contributed by atoms with van der Waals surface area (Å²) in [5, 5.41) is 2.49. The van der Waals surface area contributed by atoms with E-state index >= 15 is 0 Å². The summed E-state index contributed by atoms with van der Waals surface area (Å²) < 4.78 is 151. The lowest BCUT2D eigenvalue weighted by Crippen LogP contribution is -2.60. The molecule has 49 heavy (non-hydrogen) atoms. The largest absolute Gasteiger partial charge is 0.573 e. The van der Waals surface area contributed by atoms with Gasteiger partial charge in [-0.15, -0.1) is 26.3 Å². The molecule has 1 aliphatic heterocycles. The van der Waals surface area contributed by atoms with Gasteiger partial charge in [-0.3, -0.25) is 4.79 Å². The predicted octanol–water partition coefficient (Wildman–Crippen LogP) is 4.43. The van der Waals surface area contributed by atoms with Gasteiger partial charge in [0.25, 0.3) is 0 Å². The number of halogens is 9. The third-order valence-corrected chi connectivity index (χ3v) is 8.71. The van der Waals surface area contributed by atoms with Gasteiger partial charge in [0.05, 0.1) is 17.3 Å². The number of sulfonamides is 1. The molecule has 0 radical (unpaired) electrons. The number of aromatic nitrogens is 4. The van der Waals surface area contributed by atoms with Crippen molar-refractivity contribution in [2.75, 3.05) is 24.5 Å². The maximum Gasteiger partial charge on any atom is 0.573 e. The van der Waals surface area contributed by atoms with Crippen LogP contribution >= 0.6 is 0 Å². The summed E-state index contributed by atoms with van der Waals surface area (Å²) in [5.74, 6) is -3.69. The quantitative estimate of drug-likeness (QED) is 0.260. The highest BCUT2D eigenvalue weighted by atomic mass is 32.2. The summed E-state index contributed by atoms with van der Waals surface area (Å²) in [6, 6.07) is 6.07. The summed E-state index contributed by atoms with van der Waals surface area (Å²) in [5.41, 5.74) is -0.224. The lowest BCUT2D eigenvalue weighted by Gasteiger charge is -2.40. The third kappa shape index (κ3) is 8.73. The van der Waals surface area contributed by atoms with Crippen LogP contribution < -0.4 is 19.7 Å². The summed E-state index contributed by atoms with van der Waals surface area (Å²) in [4.78, 5) is 29.1. The Bertz CT molecular complexity index is 1930. The number of carbonyl (C=O) groups excluding carboxylic acids is 1. The van der Waals surface area contributed by atoms with E-state index in [1.807, 2.05) is 0 Å². The first-order valence-corrected chi connectivity index (χ1v) is 15.0. The monoisotopic (exact) mass is 725 g/mol. The molecule has 22 heteroatoms. The van der Waals surface area contributed by atoms with E-state index in [1.54, 1.807) is 0 Å². The predicted molar refractivity (Wildman–Crippen MR) is 148 cm³/mol. The summed E-state index contributed by atoms with van der Waals surface area (Å²) in [6.07, 6.45) is -12.9. The van der Waals surface area contributed by atoms with Crippen LogP contribution in [-0.2, 0) is 27.5 Å². The van der Waals surface area contributed by atoms with Crippen molar-refractivity contribution in [1.82, 2.24) is 29.6 Å². The van der Waals surface area contributed by atoms with Crippen LogP contribution in [0.15, 0.2) is 65.8 Å². The number of anilines is 1. The van der Waals surface area contributed by atoms with Crippen molar-refractivity contribution in [3.63, 3.8) is 0 Å². The summed E-state index contributed by atoms with van der Waals surface area (Å²) in [7, 11) is -4.58. The van der Waals surface area contributed by atoms with Gasteiger partial charge in [0, 0.05) is 26.2 Å². The van der Waals surface area contributed by atoms with E-state index in [0.29, 0.717) is 5.56 Å². The fourth-order valence-electron chi connectivity index (χ4n) is 4.63. The molecule has 1 fully saturated rings. The van der Waals surface area contributed by atoms with Crippen molar-refractivity contribution < 1.29 is 62.2 Å². The zero-order chi connectivity index (χ0) is 35.8. The minimum absolute atomic E-state index is 0.0666. The Morgan fingerprint density at radius 3 is 1.98 bits per heavy atom. The Labute approximate surface area is 269 Å². The fraction of sp³-hybridized carbons (Fsp3) is 0.296. The number of nitrogens with zero attached hydrogens (tertiary/aromatic N) is 6. The van der Waals surface area contributed by atoms with Crippen LogP contribution in [0.5, 0.6) is 11.5 Å². The van der Waals surface area contributed by atoms with E-state index in [4.69, 9.17) is 0 Å². The van der Waals surface area contributed by atoms with E-state index in [2.05, 4.69) is 34.7 Å². The Kier molecular flexibility index (Phi) is 9.47. The van der Waals surface area contributed by atoms with Gasteiger partial charge in [0.15, 0.2) is 5.65 Å². The first kappa shape index (κ1) is 35.3. The Morgan fingerprint density at radius 2 is 1.41 bits per heavy atom. The van der Waals surface area contributed by atoms with E-state index in [1.165, 1.54) is 17.0 Å². The standard InChI is InChI=1S/C27H20F9N7O5S/c28-25(29,30)24-39-12-19-22(41-24)40-21(13-37-19)42-9-10-43(49(45,46)18-7-5-17(6-8-18)48-27(34,35)36)20(14-42)23(44)38-11-15-1-3-16(4-2-15)47-26(31,32)33/h1-8,12-13,20H,9-11,14H2,(H,38,44)/t20-/m1/s1. The second-order valence-corrected chi connectivity index (χ2v) is 12.0. The summed E-state index contributed by atoms with van der Waals surface area (Å²) in [6.45, 7) is -1.31. The molecule has 1 saturated heterocycles. The highest BCUT2D eigenvalue weighted by molar-refractivity contribution is 7.89. The van der Waals surface area contributed by atoms with Crippen LogP contribution in [0.3, 0.4) is 0 Å². The summed E-state index contributed by atoms with van der Waals surface area (Å²) >= 11 is 0. The maximum atomic E-state index is 13.7. The molecule has 4 aromatic rings. The van der Waals surface area contributed by atoms with Crippen molar-refractivity contribution in [3.8, 4) is 11.5 Å². The molecule has 2 aromatic carbocycles. The van der Waals surface area contributed by atoms with Crippen LogP contribution in [0.25, 0.3) is 11.2 Å². The number of carbonyl (C=O) groups is 1. The second kappa shape index (κ2) is 13.1. The van der Waals surface area contributed by atoms with Crippen molar-refractivity contribution in [3.05, 3.63) is 72.3 Å². The normalized spacial score (nSPS) is 16.4. The van der Waals surface area contributed by atoms with Gasteiger partial charge in [-0.2, -0.15) is 17.5 Å². The number of fused-ring (bicyclic) bond motifs is 1. The number of alkyl halides is 9. The highest BCUT2D eigenvalue weighted by Gasteiger charge is 2.41. The molecular weight excluding hydrogens is 705 g/mol. The smallest absolute Gasteiger partial charge is 0.406 e. The fourth-order valence-corrected chi connectivity index (χ4v) is 6.20. The zero-order valence-electron chi connectivity index (χ0n) is 24.2. The van der Waals surface area contributed by atoms with Gasteiger partial charge in [0.2, 0.25) is 21.8 Å². The first-order valence-electron chi connectivity index (χ1n) is 13.6. The molecule has 0 aliphatic carbocycles. The van der Waals surface area contributed by atoms with Crippen LogP contribution in [-0.4, -0.2) is 77.0 Å². The molecule has 1 atom stereocenters. The minimum Gasteiger partial charge on any atom is -0.406 e. The van der Waals surface area contributed by atoms with Gasteiger partial charge in [0.1, 0.15) is 28.9 Å². The zero-order valence-corrected chi connectivity index (χ0v) is 25.0. The van der Waals surface area contributed by atoms with Gasteiger partial charge in [-0.25, -0.2) is 28.4 Å². The van der Waals surface area contributed by atoms with Crippen LogP contribution in [0, 0.1) is 0 Å². The van der Waals surface area contributed by atoms with Crippen molar-refractivity contribution in [1.29, 1.82) is 0 Å². The molecule has 0 saturated carbocycles. The lowest BCUT2D eigenvalue weighted by atomic mass is 10.1. The van der Waals surface area contributed by atoms with Crippen molar-refractivity contribution in [2.45, 2.75) is 36.4 Å². The number of piperazine rings is 1. The average molecular weight is 726 g/mol. The van der Waals surface area contributed by atoms with Crippen LogP contribution in [0.1, 0.15) is 11.4 Å². The number of hydrogen-bond acceptors (Lipinski definition) is 10. The molecule has 0 bridgehead atoms. The van der Waals surface area contributed by atoms with E-state index < -0.39 is 81.8 Å². The lowest BCUT2D eigenvalue weighted by molar-refractivity contribution is -0.275. The molecular formula is C27H20F9N7O5S. The molecule has 262 valence electrons. The molecule has 1 N–H and O–H groups in total. The van der Waals surface area contributed by atoms with Crippen LogP contribution in [0.2, 0.25) is 0 Å². The number of hydrogen-bond donors (Lipinski definition) is 1. The first-order chi connectivity index (χ1) is 22.8. The Morgan fingerprint density at radius 1 is 0.816 bits per heavy atom. The number of benzene rings is 2. The van der Waals surface area contributed by atoms with Crippen LogP contribution in [0.4, 0.5) is 45.3 Å². The number of rotatable bonds is 8. The topological polar surface area (TPSA) is 140 Å². The molecule has 12 nitrogen and oxygen atoms in total. The molecule has 1 aliphatic rings. The molecule has 0 unspecified atom stereocenters. The Hall–Kier alpha value is -4.99. The minimum atomic E-state index is -5.04. The van der Waals surface area contributed by atoms with Crippen molar-refractivity contribution >= 4 is 32.9 Å². The molecule has 5 rings (SSSR count). The second-order valence-electron chi connectivity index (χ2n) is 10.1. The van der Waals surface area contributed by atoms with Gasteiger partial charge < -0.3 is 19.7 Å². The van der Waals surface area contributed by atoms with Gasteiger partial charge in [-0.1, -0.05) is 12.1 Å². The molecule has 2 aromatic heterocycles. The van der Waals surface area contributed by atoms with E-state index in [-0.39, 0.29) is 24.4 Å². The number of ether oxygens (including phenoxy) is 2. The Balaban J connectivity index is 1.41. The van der Waals surface area contributed by atoms with Gasteiger partial charge >= 0.3 is 18.9 Å². The molecule has 3 heterocycles. The van der Waals surface area contributed by atoms with Crippen molar-refractivity contribution in [2.24, 2.45) is 0 Å². The average Bonchev–Trinajstić information content (AvgIpc) is 3.02. The SMILES string of the molecule is O=C(NCc1ccc(OC(F)(F)F)cc1)[C@H]1CN(c2cnc3cnc(C(F)(F)F)nc3n2)CCN1S(=O)(=O)c1ccc(OC(F)(F)F)cc1. The maximum absolute atomic E-state index is 13.7. The molecule has 1 amide bonds. The molecule has 0 spiro atoms. The van der Waals surface area contributed by atoms with E-state index in [0.717, 1.165) is 53.1 Å². The third-order valence-electron chi connectivity index (χ3n) is 6.79. The number of amides is 1. The number of nitrogens with one attached hydrogen (secondary N) is 1. The highest BCUT2D eigenvalue weighted by Crippen LogP contribution is 2.30. The van der Waals surface area contributed by atoms with E-state index in [9.17, 15) is 52.7 Å².